The summed E-state index contributed by atoms with van der Waals surface area (Å²) in [6, 6.07) is 10.5. The number of rotatable bonds is 8. The van der Waals surface area contributed by atoms with Gasteiger partial charge in [-0.3, -0.25) is 9.98 Å². The van der Waals surface area contributed by atoms with Crippen LogP contribution >= 0.6 is 0 Å². The summed E-state index contributed by atoms with van der Waals surface area (Å²) in [7, 11) is 0. The molecule has 1 aromatic rings. The number of nitrogens with zero attached hydrogens (tertiary/aromatic N) is 2. The lowest BCUT2D eigenvalue weighted by atomic mass is 9.79. The van der Waals surface area contributed by atoms with E-state index in [1.165, 1.54) is 22.3 Å². The summed E-state index contributed by atoms with van der Waals surface area (Å²) in [4.78, 5) is 9.49. The van der Waals surface area contributed by atoms with Crippen molar-refractivity contribution in [1.29, 1.82) is 0 Å². The van der Waals surface area contributed by atoms with Gasteiger partial charge in [-0.05, 0) is 73.8 Å². The highest BCUT2D eigenvalue weighted by Crippen LogP contribution is 2.33. The van der Waals surface area contributed by atoms with Gasteiger partial charge in [-0.25, -0.2) is 0 Å². The molecule has 0 aromatic heterocycles. The predicted molar refractivity (Wildman–Crippen MR) is 130 cm³/mol. The molecule has 0 saturated heterocycles. The molecular formula is C27H34N2. The molecule has 2 rings (SSSR count). The van der Waals surface area contributed by atoms with Crippen molar-refractivity contribution in [1.82, 2.24) is 0 Å². The smallest absolute Gasteiger partial charge is 0.0737 e. The van der Waals surface area contributed by atoms with Crippen LogP contribution in [0, 0.1) is 11.8 Å². The van der Waals surface area contributed by atoms with Gasteiger partial charge < -0.3 is 0 Å². The molecule has 152 valence electrons. The lowest BCUT2D eigenvalue weighted by Crippen LogP contribution is -2.27. The Balaban J connectivity index is 2.33. The van der Waals surface area contributed by atoms with E-state index in [2.05, 4.69) is 80.9 Å². The molecular weight excluding hydrogens is 352 g/mol. The van der Waals surface area contributed by atoms with Crippen LogP contribution in [0.3, 0.4) is 0 Å². The summed E-state index contributed by atoms with van der Waals surface area (Å²) in [6.07, 6.45) is 14.5. The van der Waals surface area contributed by atoms with Crippen LogP contribution in [0.25, 0.3) is 5.57 Å². The maximum Gasteiger partial charge on any atom is 0.0737 e. The summed E-state index contributed by atoms with van der Waals surface area (Å²) in [5, 5.41) is 0. The molecule has 0 fully saturated rings. The van der Waals surface area contributed by atoms with Crippen LogP contribution in [0.1, 0.15) is 40.2 Å². The first-order valence-corrected chi connectivity index (χ1v) is 10.4. The number of hydrogen-bond acceptors (Lipinski definition) is 2. The second kappa shape index (κ2) is 11.3. The minimum absolute atomic E-state index is 0.0671. The van der Waals surface area contributed by atoms with E-state index in [1.807, 2.05) is 38.4 Å². The van der Waals surface area contributed by atoms with Gasteiger partial charge in [0.25, 0.3) is 0 Å². The molecule has 3 unspecified atom stereocenters. The highest BCUT2D eigenvalue weighted by Gasteiger charge is 2.28. The van der Waals surface area contributed by atoms with Gasteiger partial charge >= 0.3 is 0 Å². The van der Waals surface area contributed by atoms with Crippen molar-refractivity contribution >= 4 is 18.0 Å². The first-order valence-electron chi connectivity index (χ1n) is 10.4. The first-order chi connectivity index (χ1) is 14.0. The van der Waals surface area contributed by atoms with Gasteiger partial charge in [0.1, 0.15) is 0 Å². The van der Waals surface area contributed by atoms with E-state index >= 15 is 0 Å². The second-order valence-electron chi connectivity index (χ2n) is 7.56. The van der Waals surface area contributed by atoms with Crippen LogP contribution in [0.4, 0.5) is 0 Å². The minimum atomic E-state index is 0.0671. The fraction of sp³-hybridized carbons (Fsp3) is 0.333. The van der Waals surface area contributed by atoms with Crippen molar-refractivity contribution in [2.24, 2.45) is 21.8 Å². The second-order valence-corrected chi connectivity index (χ2v) is 7.56. The van der Waals surface area contributed by atoms with Crippen molar-refractivity contribution in [3.8, 4) is 0 Å². The van der Waals surface area contributed by atoms with Gasteiger partial charge in [-0.2, -0.15) is 0 Å². The van der Waals surface area contributed by atoms with E-state index in [0.29, 0.717) is 0 Å². The molecule has 1 heterocycles. The number of allylic oxidation sites excluding steroid dienone is 8. The lowest BCUT2D eigenvalue weighted by Gasteiger charge is -2.28. The van der Waals surface area contributed by atoms with Crippen molar-refractivity contribution < 1.29 is 0 Å². The zero-order chi connectivity index (χ0) is 21.2. The van der Waals surface area contributed by atoms with Crippen LogP contribution < -0.4 is 0 Å². The van der Waals surface area contributed by atoms with Crippen LogP contribution in [-0.4, -0.2) is 25.0 Å². The summed E-state index contributed by atoms with van der Waals surface area (Å²) in [5.41, 5.74) is 6.07. The summed E-state index contributed by atoms with van der Waals surface area (Å²) < 4.78 is 0. The number of aliphatic imine (C=N–C) groups is 2. The van der Waals surface area contributed by atoms with Gasteiger partial charge in [0.2, 0.25) is 0 Å². The Labute approximate surface area is 176 Å². The van der Waals surface area contributed by atoms with Crippen LogP contribution in [0.15, 0.2) is 94.0 Å². The summed E-state index contributed by atoms with van der Waals surface area (Å²) >= 11 is 0. The average Bonchev–Trinajstić information content (AvgIpc) is 2.93. The molecule has 1 aliphatic heterocycles. The average molecular weight is 387 g/mol. The first kappa shape index (κ1) is 22.5. The van der Waals surface area contributed by atoms with E-state index in [9.17, 15) is 0 Å². The molecule has 3 atom stereocenters. The van der Waals surface area contributed by atoms with Crippen molar-refractivity contribution in [3.05, 3.63) is 89.6 Å². The fourth-order valence-electron chi connectivity index (χ4n) is 3.71. The molecule has 0 N–H and O–H groups in total. The molecule has 29 heavy (non-hydrogen) atoms. The molecule has 2 heteroatoms. The molecule has 1 aliphatic rings. The maximum absolute atomic E-state index is 4.90. The highest BCUT2D eigenvalue weighted by atomic mass is 14.8. The monoisotopic (exact) mass is 386 g/mol. The Morgan fingerprint density at radius 3 is 2.62 bits per heavy atom. The minimum Gasteiger partial charge on any atom is -0.297 e. The van der Waals surface area contributed by atoms with E-state index in [0.717, 1.165) is 12.1 Å². The van der Waals surface area contributed by atoms with E-state index in [-0.39, 0.29) is 17.9 Å². The Bertz CT molecular complexity index is 863. The van der Waals surface area contributed by atoms with Gasteiger partial charge in [0.05, 0.1) is 6.04 Å². The van der Waals surface area contributed by atoms with E-state index in [1.54, 1.807) is 0 Å². The molecule has 0 amide bonds. The predicted octanol–water partition coefficient (Wildman–Crippen LogP) is 6.89. The lowest BCUT2D eigenvalue weighted by molar-refractivity contribution is 0.404. The summed E-state index contributed by atoms with van der Waals surface area (Å²) in [6.45, 7) is 15.7. The zero-order valence-corrected chi connectivity index (χ0v) is 18.5. The molecule has 0 spiro atoms. The Hall–Kier alpha value is -2.74. The standard InChI is InChI=1S/C27H34N2/c1-7-9-13-20(3)25-16-17-29-27(18-21(25)4)26(19-28-8-2)23(6)22(5)24-14-11-10-12-15-24/h7-18,23,26-27H,5,19H2,1-4,6H3/b9-7-,20-13+,28-8-. The Morgan fingerprint density at radius 1 is 1.24 bits per heavy atom. The fourth-order valence-corrected chi connectivity index (χ4v) is 3.71. The Kier molecular flexibility index (Phi) is 8.79. The molecule has 2 nitrogen and oxygen atoms in total. The normalized spacial score (nSPS) is 19.8. The largest absolute Gasteiger partial charge is 0.297 e. The van der Waals surface area contributed by atoms with Crippen LogP contribution in [0.5, 0.6) is 0 Å². The van der Waals surface area contributed by atoms with Crippen molar-refractivity contribution in [2.75, 3.05) is 6.54 Å². The number of hydrogen-bond donors (Lipinski definition) is 0. The third-order valence-corrected chi connectivity index (χ3v) is 5.58. The van der Waals surface area contributed by atoms with Crippen LogP contribution in [-0.2, 0) is 0 Å². The molecule has 0 radical (unpaired) electrons. The van der Waals surface area contributed by atoms with Gasteiger partial charge in [-0.15, -0.1) is 0 Å². The zero-order valence-electron chi connectivity index (χ0n) is 18.5. The van der Waals surface area contributed by atoms with Gasteiger partial charge in [0.15, 0.2) is 0 Å². The number of benzene rings is 1. The quantitative estimate of drug-likeness (QED) is 0.343. The topological polar surface area (TPSA) is 24.7 Å². The third kappa shape index (κ3) is 6.12. The van der Waals surface area contributed by atoms with Crippen molar-refractivity contribution in [2.45, 2.75) is 40.7 Å². The molecule has 0 bridgehead atoms. The Morgan fingerprint density at radius 2 is 1.97 bits per heavy atom. The SMILES string of the molecule is C=C(c1ccccc1)C(C)C(C/N=C\C)C1C=C(C)C(/C(C)=C/C=C\C)=CC=N1. The summed E-state index contributed by atoms with van der Waals surface area (Å²) in [5.74, 6) is 0.506. The van der Waals surface area contributed by atoms with Crippen molar-refractivity contribution in [3.63, 3.8) is 0 Å². The third-order valence-electron chi connectivity index (χ3n) is 5.58. The van der Waals surface area contributed by atoms with E-state index < -0.39 is 0 Å². The maximum atomic E-state index is 4.90. The molecule has 0 aliphatic carbocycles. The molecule has 1 aromatic carbocycles. The van der Waals surface area contributed by atoms with E-state index in [4.69, 9.17) is 4.99 Å². The highest BCUT2D eigenvalue weighted by molar-refractivity contribution is 5.77. The van der Waals surface area contributed by atoms with Crippen LogP contribution in [0.2, 0.25) is 0 Å². The molecule has 0 saturated carbocycles. The van der Waals surface area contributed by atoms with Gasteiger partial charge in [0, 0.05) is 18.7 Å². The van der Waals surface area contributed by atoms with Gasteiger partial charge in [-0.1, -0.05) is 68.1 Å².